The maximum atomic E-state index is 11.2. The molecule has 0 N–H and O–H groups in total. The van der Waals surface area contributed by atoms with Crippen LogP contribution < -0.4 is 5.19 Å². The minimum atomic E-state index is -3.33. The van der Waals surface area contributed by atoms with Crippen molar-refractivity contribution in [3.8, 4) is 0 Å². The zero-order chi connectivity index (χ0) is 11.5. The fraction of sp³-hybridized carbons (Fsp3) is 0.400. The minimum Gasteiger partial charge on any atom is -0.310 e. The summed E-state index contributed by atoms with van der Waals surface area (Å²) in [6, 6.07) is 5.80. The Kier molecular flexibility index (Phi) is 4.07. The van der Waals surface area contributed by atoms with Crippen LogP contribution in [0.5, 0.6) is 0 Å². The molecule has 0 saturated carbocycles. The van der Waals surface area contributed by atoms with Crippen molar-refractivity contribution in [3.63, 3.8) is 0 Å². The van der Waals surface area contributed by atoms with Crippen molar-refractivity contribution >= 4 is 25.1 Å². The van der Waals surface area contributed by atoms with Crippen molar-refractivity contribution in [3.05, 3.63) is 29.3 Å². The molecule has 82 valence electrons. The van der Waals surface area contributed by atoms with E-state index in [1.807, 2.05) is 32.0 Å². The highest BCUT2D eigenvalue weighted by atomic mass is 32.2. The first-order chi connectivity index (χ1) is 6.96. The van der Waals surface area contributed by atoms with Gasteiger partial charge in [0.15, 0.2) is 0 Å². The molecule has 0 aliphatic carbocycles. The molecule has 1 rings (SSSR count). The summed E-state index contributed by atoms with van der Waals surface area (Å²) >= 11 is 0. The van der Waals surface area contributed by atoms with Crippen LogP contribution in [-0.2, 0) is 14.0 Å². The van der Waals surface area contributed by atoms with Crippen molar-refractivity contribution in [1.29, 1.82) is 0 Å². The van der Waals surface area contributed by atoms with Crippen molar-refractivity contribution in [1.82, 2.24) is 0 Å². The number of aryl methyl sites for hydroxylation is 1. The Hall–Kier alpha value is -0.653. The fourth-order valence-corrected chi connectivity index (χ4v) is 2.88. The molecule has 0 saturated heterocycles. The Morgan fingerprint density at radius 2 is 2.00 bits per heavy atom. The molecule has 0 aliphatic heterocycles. The first kappa shape index (κ1) is 12.4. The van der Waals surface area contributed by atoms with Crippen LogP contribution in [0.1, 0.15) is 18.1 Å². The van der Waals surface area contributed by atoms with Gasteiger partial charge in [-0.15, -0.1) is 0 Å². The topological polar surface area (TPSA) is 43.4 Å². The number of rotatable bonds is 4. The van der Waals surface area contributed by atoms with E-state index in [0.29, 0.717) is 0 Å². The molecule has 3 nitrogen and oxygen atoms in total. The molecular formula is C10H14O3SSi. The first-order valence-corrected chi connectivity index (χ1v) is 7.18. The van der Waals surface area contributed by atoms with Gasteiger partial charge in [-0.2, -0.15) is 0 Å². The van der Waals surface area contributed by atoms with Gasteiger partial charge in [0, 0.05) is 0 Å². The summed E-state index contributed by atoms with van der Waals surface area (Å²) in [5.74, 6) is 0.0187. The summed E-state index contributed by atoms with van der Waals surface area (Å²) in [6.07, 6.45) is 0. The molecule has 0 bridgehead atoms. The Labute approximate surface area is 93.5 Å². The van der Waals surface area contributed by atoms with E-state index < -0.39 is 10.1 Å². The molecule has 0 unspecified atom stereocenters. The van der Waals surface area contributed by atoms with E-state index in [9.17, 15) is 8.42 Å². The summed E-state index contributed by atoms with van der Waals surface area (Å²) in [5, 5.41) is 0.951. The van der Waals surface area contributed by atoms with Crippen LogP contribution in [0.25, 0.3) is 0 Å². The molecule has 0 atom stereocenters. The Morgan fingerprint density at radius 3 is 2.60 bits per heavy atom. The summed E-state index contributed by atoms with van der Waals surface area (Å²) in [4.78, 5) is 0. The van der Waals surface area contributed by atoms with Gasteiger partial charge in [-0.05, 0) is 37.1 Å². The van der Waals surface area contributed by atoms with E-state index in [1.54, 1.807) is 6.92 Å². The lowest BCUT2D eigenvalue weighted by atomic mass is 10.1. The smallest absolute Gasteiger partial charge is 0.297 e. The Bertz CT molecular complexity index is 440. The highest BCUT2D eigenvalue weighted by Gasteiger charge is 2.11. The van der Waals surface area contributed by atoms with Gasteiger partial charge in [-0.1, -0.05) is 18.2 Å². The van der Waals surface area contributed by atoms with Crippen molar-refractivity contribution in [2.24, 2.45) is 0 Å². The molecule has 5 heteroatoms. The zero-order valence-electron chi connectivity index (χ0n) is 9.07. The third-order valence-corrected chi connectivity index (χ3v) is 5.05. The van der Waals surface area contributed by atoms with Crippen LogP contribution in [0.3, 0.4) is 0 Å². The van der Waals surface area contributed by atoms with Gasteiger partial charge in [0.2, 0.25) is 0 Å². The number of hydrogen-bond acceptors (Lipinski definition) is 3. The second-order valence-corrected chi connectivity index (χ2v) is 6.38. The minimum absolute atomic E-state index is 0.0187. The Balaban J connectivity index is 2.79. The summed E-state index contributed by atoms with van der Waals surface area (Å²) < 4.78 is 27.2. The second kappa shape index (κ2) is 4.91. The van der Waals surface area contributed by atoms with Gasteiger partial charge in [0.05, 0.1) is 5.75 Å². The van der Waals surface area contributed by atoms with Crippen molar-refractivity contribution in [2.75, 3.05) is 5.75 Å². The summed E-state index contributed by atoms with van der Waals surface area (Å²) in [7, 11) is -3.46. The van der Waals surface area contributed by atoms with Gasteiger partial charge in [-0.3, -0.25) is 0 Å². The van der Waals surface area contributed by atoms with Crippen LogP contribution >= 0.6 is 0 Å². The quantitative estimate of drug-likeness (QED) is 0.737. The molecule has 0 spiro atoms. The van der Waals surface area contributed by atoms with Crippen LogP contribution in [0.2, 0.25) is 0 Å². The SMILES string of the molecule is CCS(=O)(=O)O[Si]c1cccc(C)c1C. The zero-order valence-corrected chi connectivity index (χ0v) is 10.9. The standard InChI is InChI=1S/C10H14O3SSi/c1-4-14(11,12)13-15-10-7-5-6-8(2)9(10)3/h5-7H,4H2,1-3H3. The highest BCUT2D eigenvalue weighted by molar-refractivity contribution is 7.87. The van der Waals surface area contributed by atoms with Gasteiger partial charge >= 0.3 is 0 Å². The lowest BCUT2D eigenvalue weighted by molar-refractivity contribution is 0.505. The monoisotopic (exact) mass is 242 g/mol. The van der Waals surface area contributed by atoms with E-state index >= 15 is 0 Å². The average molecular weight is 242 g/mol. The molecule has 0 aliphatic rings. The Morgan fingerprint density at radius 1 is 1.33 bits per heavy atom. The van der Waals surface area contributed by atoms with Crippen LogP contribution in [0.4, 0.5) is 0 Å². The lowest BCUT2D eigenvalue weighted by Crippen LogP contribution is -2.24. The lowest BCUT2D eigenvalue weighted by Gasteiger charge is -2.07. The van der Waals surface area contributed by atoms with E-state index in [-0.39, 0.29) is 15.5 Å². The fourth-order valence-electron chi connectivity index (χ4n) is 1.03. The normalized spacial score (nSPS) is 11.7. The molecule has 0 aromatic heterocycles. The molecule has 2 radical (unpaired) electrons. The van der Waals surface area contributed by atoms with Crippen LogP contribution in [-0.4, -0.2) is 23.9 Å². The van der Waals surface area contributed by atoms with E-state index in [0.717, 1.165) is 16.3 Å². The average Bonchev–Trinajstić information content (AvgIpc) is 2.20. The highest BCUT2D eigenvalue weighted by Crippen LogP contribution is 2.02. The number of benzene rings is 1. The molecule has 15 heavy (non-hydrogen) atoms. The van der Waals surface area contributed by atoms with Crippen molar-refractivity contribution < 1.29 is 12.3 Å². The largest absolute Gasteiger partial charge is 0.310 e. The molecule has 0 fully saturated rings. The molecule has 0 amide bonds. The maximum Gasteiger partial charge on any atom is 0.297 e. The van der Waals surface area contributed by atoms with Gasteiger partial charge in [0.1, 0.15) is 0 Å². The third-order valence-electron chi connectivity index (χ3n) is 2.24. The van der Waals surface area contributed by atoms with Gasteiger partial charge < -0.3 is 3.87 Å². The third kappa shape index (κ3) is 3.44. The molecule has 0 heterocycles. The summed E-state index contributed by atoms with van der Waals surface area (Å²) in [5.41, 5.74) is 2.25. The predicted molar refractivity (Wildman–Crippen MR) is 61.8 cm³/mol. The first-order valence-electron chi connectivity index (χ1n) is 4.69. The van der Waals surface area contributed by atoms with Gasteiger partial charge in [-0.25, -0.2) is 8.42 Å². The molecular weight excluding hydrogens is 228 g/mol. The second-order valence-electron chi connectivity index (χ2n) is 3.28. The van der Waals surface area contributed by atoms with Crippen LogP contribution in [0, 0.1) is 13.8 Å². The number of hydrogen-bond donors (Lipinski definition) is 0. The van der Waals surface area contributed by atoms with E-state index in [2.05, 4.69) is 0 Å². The molecule has 1 aromatic carbocycles. The summed E-state index contributed by atoms with van der Waals surface area (Å²) in [6.45, 7) is 5.54. The van der Waals surface area contributed by atoms with E-state index in [4.69, 9.17) is 3.87 Å². The van der Waals surface area contributed by atoms with Gasteiger partial charge in [0.25, 0.3) is 19.9 Å². The predicted octanol–water partition coefficient (Wildman–Crippen LogP) is 0.914. The van der Waals surface area contributed by atoms with Crippen molar-refractivity contribution in [2.45, 2.75) is 20.8 Å². The molecule has 1 aromatic rings. The van der Waals surface area contributed by atoms with Crippen LogP contribution in [0.15, 0.2) is 18.2 Å². The maximum absolute atomic E-state index is 11.2. The van der Waals surface area contributed by atoms with E-state index in [1.165, 1.54) is 0 Å².